The molecule has 0 atom stereocenters. The Morgan fingerprint density at radius 1 is 1.43 bits per heavy atom. The van der Waals surface area contributed by atoms with Crippen molar-refractivity contribution in [2.75, 3.05) is 13.1 Å². The van der Waals surface area contributed by atoms with Gasteiger partial charge in [0.25, 0.3) is 0 Å². The predicted molar refractivity (Wildman–Crippen MR) is 52.4 cm³/mol. The van der Waals surface area contributed by atoms with Crippen molar-refractivity contribution in [2.24, 2.45) is 0 Å². The minimum atomic E-state index is -0.00805. The molecule has 5 nitrogen and oxygen atoms in total. The lowest BCUT2D eigenvalue weighted by Crippen LogP contribution is -2.30. The van der Waals surface area contributed by atoms with Crippen LogP contribution in [0.4, 0.5) is 0 Å². The van der Waals surface area contributed by atoms with Crippen LogP contribution in [0.2, 0.25) is 0 Å². The third-order valence-electron chi connectivity index (χ3n) is 1.60. The van der Waals surface area contributed by atoms with E-state index in [1.54, 1.807) is 18.6 Å². The average molecular weight is 194 g/mol. The van der Waals surface area contributed by atoms with Crippen LogP contribution in [0.3, 0.4) is 0 Å². The highest BCUT2D eigenvalue weighted by Gasteiger charge is 1.93. The van der Waals surface area contributed by atoms with Crippen molar-refractivity contribution >= 4 is 5.91 Å². The highest BCUT2D eigenvalue weighted by atomic mass is 16.1. The fourth-order valence-corrected chi connectivity index (χ4v) is 0.965. The first-order valence-electron chi connectivity index (χ1n) is 4.49. The maximum Gasteiger partial charge on any atom is 0.216 e. The average Bonchev–Trinajstić information content (AvgIpc) is 2.18. The van der Waals surface area contributed by atoms with Crippen LogP contribution in [0.25, 0.3) is 0 Å². The molecule has 1 heterocycles. The van der Waals surface area contributed by atoms with Gasteiger partial charge in [-0.3, -0.25) is 14.8 Å². The van der Waals surface area contributed by atoms with Gasteiger partial charge in [0.2, 0.25) is 5.91 Å². The second-order valence-corrected chi connectivity index (χ2v) is 2.86. The van der Waals surface area contributed by atoms with Crippen molar-refractivity contribution in [3.8, 4) is 0 Å². The Balaban J connectivity index is 2.08. The fourth-order valence-electron chi connectivity index (χ4n) is 0.965. The summed E-state index contributed by atoms with van der Waals surface area (Å²) in [6.45, 7) is 3.54. The van der Waals surface area contributed by atoms with Gasteiger partial charge in [0.1, 0.15) is 0 Å². The lowest BCUT2D eigenvalue weighted by Gasteiger charge is -2.03. The molecular formula is C9H14N4O. The molecule has 14 heavy (non-hydrogen) atoms. The smallest absolute Gasteiger partial charge is 0.216 e. The predicted octanol–water partition coefficient (Wildman–Crippen LogP) is -0.298. The Bertz CT molecular complexity index is 275. The summed E-state index contributed by atoms with van der Waals surface area (Å²) in [5.41, 5.74) is 0.898. The van der Waals surface area contributed by atoms with Gasteiger partial charge >= 0.3 is 0 Å². The molecule has 0 radical (unpaired) electrons. The van der Waals surface area contributed by atoms with Crippen LogP contribution in [-0.2, 0) is 11.3 Å². The van der Waals surface area contributed by atoms with E-state index in [0.717, 1.165) is 12.2 Å². The molecule has 1 rings (SSSR count). The van der Waals surface area contributed by atoms with Gasteiger partial charge < -0.3 is 10.6 Å². The summed E-state index contributed by atoms with van der Waals surface area (Å²) in [6.07, 6.45) is 5.01. The van der Waals surface area contributed by atoms with E-state index in [9.17, 15) is 4.79 Å². The van der Waals surface area contributed by atoms with Crippen LogP contribution in [0.5, 0.6) is 0 Å². The Morgan fingerprint density at radius 3 is 2.93 bits per heavy atom. The highest BCUT2D eigenvalue weighted by molar-refractivity contribution is 5.72. The minimum absolute atomic E-state index is 0.00805. The van der Waals surface area contributed by atoms with Crippen LogP contribution in [0.1, 0.15) is 12.6 Å². The summed E-state index contributed by atoms with van der Waals surface area (Å²) in [5, 5.41) is 5.83. The van der Waals surface area contributed by atoms with Gasteiger partial charge in [-0.1, -0.05) is 0 Å². The SMILES string of the molecule is CC(=O)NCCNCc1cnccn1. The van der Waals surface area contributed by atoms with Crippen LogP contribution >= 0.6 is 0 Å². The van der Waals surface area contributed by atoms with Gasteiger partial charge in [-0.2, -0.15) is 0 Å². The van der Waals surface area contributed by atoms with Gasteiger partial charge in [0.15, 0.2) is 0 Å². The first-order chi connectivity index (χ1) is 6.79. The van der Waals surface area contributed by atoms with Gasteiger partial charge in [-0.25, -0.2) is 0 Å². The van der Waals surface area contributed by atoms with Crippen molar-refractivity contribution in [3.63, 3.8) is 0 Å². The minimum Gasteiger partial charge on any atom is -0.355 e. The number of amides is 1. The van der Waals surface area contributed by atoms with E-state index < -0.39 is 0 Å². The summed E-state index contributed by atoms with van der Waals surface area (Å²) >= 11 is 0. The number of hydrogen-bond acceptors (Lipinski definition) is 4. The molecule has 1 amide bonds. The molecular weight excluding hydrogens is 180 g/mol. The number of rotatable bonds is 5. The fraction of sp³-hybridized carbons (Fsp3) is 0.444. The molecule has 0 saturated carbocycles. The maximum atomic E-state index is 10.5. The van der Waals surface area contributed by atoms with Crippen molar-refractivity contribution in [3.05, 3.63) is 24.3 Å². The monoisotopic (exact) mass is 194 g/mol. The Kier molecular flexibility index (Phi) is 4.57. The molecule has 0 unspecified atom stereocenters. The second kappa shape index (κ2) is 6.04. The zero-order valence-electron chi connectivity index (χ0n) is 8.16. The molecule has 0 aromatic carbocycles. The second-order valence-electron chi connectivity index (χ2n) is 2.86. The molecule has 1 aromatic rings. The zero-order valence-corrected chi connectivity index (χ0v) is 8.16. The molecule has 5 heteroatoms. The van der Waals surface area contributed by atoms with Gasteiger partial charge in [-0.15, -0.1) is 0 Å². The number of nitrogens with one attached hydrogen (secondary N) is 2. The summed E-state index contributed by atoms with van der Waals surface area (Å²) in [5.74, 6) is -0.00805. The highest BCUT2D eigenvalue weighted by Crippen LogP contribution is 1.87. The molecule has 0 fully saturated rings. The number of carbonyl (C=O) groups is 1. The molecule has 1 aromatic heterocycles. The molecule has 0 aliphatic heterocycles. The first-order valence-corrected chi connectivity index (χ1v) is 4.49. The summed E-state index contributed by atoms with van der Waals surface area (Å²) < 4.78 is 0. The van der Waals surface area contributed by atoms with Gasteiger partial charge in [0, 0.05) is 45.1 Å². The number of carbonyl (C=O) groups excluding carboxylic acids is 1. The van der Waals surface area contributed by atoms with Crippen LogP contribution in [0, 0.1) is 0 Å². The lowest BCUT2D eigenvalue weighted by molar-refractivity contribution is -0.118. The summed E-state index contributed by atoms with van der Waals surface area (Å²) in [7, 11) is 0. The van der Waals surface area contributed by atoms with E-state index in [4.69, 9.17) is 0 Å². The Labute approximate surface area is 83.0 Å². The van der Waals surface area contributed by atoms with Crippen molar-refractivity contribution in [1.82, 2.24) is 20.6 Å². The maximum absolute atomic E-state index is 10.5. The molecule has 0 bridgehead atoms. The zero-order chi connectivity index (χ0) is 10.2. The Hall–Kier alpha value is -1.49. The van der Waals surface area contributed by atoms with Gasteiger partial charge in [0.05, 0.1) is 5.69 Å². The van der Waals surface area contributed by atoms with E-state index in [1.807, 2.05) is 0 Å². The third kappa shape index (κ3) is 4.51. The molecule has 76 valence electrons. The Morgan fingerprint density at radius 2 is 2.29 bits per heavy atom. The normalized spacial score (nSPS) is 9.79. The van der Waals surface area contributed by atoms with E-state index >= 15 is 0 Å². The number of aromatic nitrogens is 2. The van der Waals surface area contributed by atoms with E-state index in [1.165, 1.54) is 6.92 Å². The largest absolute Gasteiger partial charge is 0.355 e. The number of hydrogen-bond donors (Lipinski definition) is 2. The lowest BCUT2D eigenvalue weighted by atomic mass is 10.4. The topological polar surface area (TPSA) is 66.9 Å². The first kappa shape index (κ1) is 10.6. The van der Waals surface area contributed by atoms with Crippen LogP contribution in [-0.4, -0.2) is 29.0 Å². The van der Waals surface area contributed by atoms with Crippen molar-refractivity contribution < 1.29 is 4.79 Å². The van der Waals surface area contributed by atoms with E-state index in [0.29, 0.717) is 13.1 Å². The van der Waals surface area contributed by atoms with Crippen LogP contribution < -0.4 is 10.6 Å². The van der Waals surface area contributed by atoms with Gasteiger partial charge in [-0.05, 0) is 0 Å². The molecule has 0 aliphatic rings. The molecule has 0 saturated heterocycles. The quantitative estimate of drug-likeness (QED) is 0.632. The van der Waals surface area contributed by atoms with E-state index in [2.05, 4.69) is 20.6 Å². The van der Waals surface area contributed by atoms with Crippen molar-refractivity contribution in [1.29, 1.82) is 0 Å². The number of nitrogens with zero attached hydrogens (tertiary/aromatic N) is 2. The molecule has 2 N–H and O–H groups in total. The molecule has 0 spiro atoms. The standard InChI is InChI=1S/C9H14N4O/c1-8(14)12-4-2-10-6-9-7-11-3-5-13-9/h3,5,7,10H,2,4,6H2,1H3,(H,12,14). The third-order valence-corrected chi connectivity index (χ3v) is 1.60. The van der Waals surface area contributed by atoms with E-state index in [-0.39, 0.29) is 5.91 Å². The molecule has 0 aliphatic carbocycles. The summed E-state index contributed by atoms with van der Waals surface area (Å²) in [6, 6.07) is 0. The van der Waals surface area contributed by atoms with Crippen LogP contribution in [0.15, 0.2) is 18.6 Å². The summed E-state index contributed by atoms with van der Waals surface area (Å²) in [4.78, 5) is 18.6. The van der Waals surface area contributed by atoms with Crippen molar-refractivity contribution in [2.45, 2.75) is 13.5 Å².